The van der Waals surface area contributed by atoms with Crippen molar-refractivity contribution in [3.05, 3.63) is 31.4 Å². The molecule has 1 N–H and O–H groups in total. The van der Waals surface area contributed by atoms with Gasteiger partial charge in [0.1, 0.15) is 19.0 Å². The normalized spacial score (nSPS) is 10.4. The minimum Gasteiger partial charge on any atom is -0.354 e. The highest BCUT2D eigenvalue weighted by atomic mass is 15.4. The van der Waals surface area contributed by atoms with Crippen LogP contribution < -0.4 is 5.32 Å². The van der Waals surface area contributed by atoms with Crippen LogP contribution in [-0.4, -0.2) is 46.2 Å². The molecule has 0 spiro atoms. The molecule has 100 valence electrons. The zero-order valence-corrected chi connectivity index (χ0v) is 10.7. The summed E-state index contributed by atoms with van der Waals surface area (Å²) >= 11 is 0. The van der Waals surface area contributed by atoms with Crippen molar-refractivity contribution in [1.29, 1.82) is 0 Å². The summed E-state index contributed by atoms with van der Waals surface area (Å²) in [5.74, 6) is 1.32. The van der Waals surface area contributed by atoms with Gasteiger partial charge in [-0.25, -0.2) is 15.0 Å². The molecule has 3 rings (SSSR count). The Bertz CT molecular complexity index is 680. The van der Waals surface area contributed by atoms with Gasteiger partial charge < -0.3 is 5.32 Å². The third kappa shape index (κ3) is 2.41. The van der Waals surface area contributed by atoms with Gasteiger partial charge in [-0.15, -0.1) is 0 Å². The van der Waals surface area contributed by atoms with Crippen LogP contribution >= 0.6 is 0 Å². The molecule has 0 saturated carbocycles. The first-order valence-electron chi connectivity index (χ1n) is 5.97. The summed E-state index contributed by atoms with van der Waals surface area (Å²) in [6.45, 7) is 2.66. The summed E-state index contributed by atoms with van der Waals surface area (Å²) < 4.78 is 1.47. The van der Waals surface area contributed by atoms with Crippen LogP contribution in [0.2, 0.25) is 0 Å². The van der Waals surface area contributed by atoms with Crippen LogP contribution in [0, 0.1) is 0 Å². The number of aromatic nitrogens is 8. The van der Waals surface area contributed by atoms with Crippen LogP contribution in [-0.2, 0) is 0 Å². The summed E-state index contributed by atoms with van der Waals surface area (Å²) in [5, 5.41) is 7.07. The van der Waals surface area contributed by atoms with E-state index in [1.807, 2.05) is 6.92 Å². The Morgan fingerprint density at radius 3 is 2.60 bits per heavy atom. The van der Waals surface area contributed by atoms with E-state index < -0.39 is 0 Å². The van der Waals surface area contributed by atoms with Gasteiger partial charge in [0.2, 0.25) is 5.95 Å². The van der Waals surface area contributed by atoms with Gasteiger partial charge in [0.05, 0.1) is 5.56 Å². The Labute approximate surface area is 114 Å². The fraction of sp³-hybridized carbons (Fsp3) is 0.182. The van der Waals surface area contributed by atoms with Gasteiger partial charge in [-0.05, 0) is 6.92 Å². The van der Waals surface area contributed by atoms with Crippen molar-refractivity contribution in [2.24, 2.45) is 0 Å². The monoisotopic (exact) mass is 269 g/mol. The molecule has 0 aliphatic carbocycles. The fourth-order valence-corrected chi connectivity index (χ4v) is 1.56. The molecule has 9 nitrogen and oxygen atoms in total. The van der Waals surface area contributed by atoms with Crippen LogP contribution in [0.3, 0.4) is 0 Å². The molecule has 0 fully saturated rings. The molecule has 0 atom stereocenters. The maximum absolute atomic E-state index is 4.35. The Hall–Kier alpha value is -2.97. The molecule has 0 aliphatic rings. The highest BCUT2D eigenvalue weighted by Crippen LogP contribution is 2.15. The van der Waals surface area contributed by atoms with Crippen LogP contribution in [0.1, 0.15) is 6.92 Å². The predicted octanol–water partition coefficient (Wildman–Crippen LogP) is 0.341. The Morgan fingerprint density at radius 1 is 1.05 bits per heavy atom. The molecule has 0 aromatic carbocycles. The number of nitrogens with one attached hydrogen (secondary N) is 1. The highest BCUT2D eigenvalue weighted by molar-refractivity contribution is 5.54. The van der Waals surface area contributed by atoms with E-state index in [-0.39, 0.29) is 0 Å². The lowest BCUT2D eigenvalue weighted by Crippen LogP contribution is -2.10. The van der Waals surface area contributed by atoms with Crippen molar-refractivity contribution in [3.63, 3.8) is 0 Å². The number of hydrogen-bond acceptors (Lipinski definition) is 8. The Kier molecular flexibility index (Phi) is 3.23. The maximum Gasteiger partial charge on any atom is 0.257 e. The maximum atomic E-state index is 4.35. The van der Waals surface area contributed by atoms with Gasteiger partial charge in [-0.3, -0.25) is 0 Å². The second kappa shape index (κ2) is 5.34. The Morgan fingerprint density at radius 2 is 1.90 bits per heavy atom. The molecule has 20 heavy (non-hydrogen) atoms. The third-order valence-electron chi connectivity index (χ3n) is 2.40. The average molecular weight is 269 g/mol. The zero-order chi connectivity index (χ0) is 13.8. The summed E-state index contributed by atoms with van der Waals surface area (Å²) in [6, 6.07) is 0. The first kappa shape index (κ1) is 12.1. The van der Waals surface area contributed by atoms with E-state index in [9.17, 15) is 0 Å². The van der Waals surface area contributed by atoms with E-state index in [0.29, 0.717) is 29.8 Å². The third-order valence-corrected chi connectivity index (χ3v) is 2.40. The Balaban J connectivity index is 2.10. The molecule has 3 aromatic rings. The van der Waals surface area contributed by atoms with Crippen LogP contribution in [0.5, 0.6) is 0 Å². The molecule has 0 bridgehead atoms. The number of nitrogens with zero attached hydrogens (tertiary/aromatic N) is 8. The number of rotatable bonds is 4. The van der Waals surface area contributed by atoms with Gasteiger partial charge in [0.25, 0.3) is 5.95 Å². The van der Waals surface area contributed by atoms with Crippen molar-refractivity contribution < 1.29 is 0 Å². The van der Waals surface area contributed by atoms with Crippen LogP contribution in [0.25, 0.3) is 17.3 Å². The molecule has 0 unspecified atom stereocenters. The van der Waals surface area contributed by atoms with Crippen LogP contribution in [0.4, 0.5) is 5.95 Å². The average Bonchev–Trinajstić information content (AvgIpc) is 3.02. The first-order chi connectivity index (χ1) is 9.86. The van der Waals surface area contributed by atoms with E-state index in [0.717, 1.165) is 0 Å². The fourth-order valence-electron chi connectivity index (χ4n) is 1.56. The van der Waals surface area contributed by atoms with Gasteiger partial charge >= 0.3 is 0 Å². The highest BCUT2D eigenvalue weighted by Gasteiger charge is 2.10. The van der Waals surface area contributed by atoms with Crippen molar-refractivity contribution in [2.45, 2.75) is 6.92 Å². The smallest absolute Gasteiger partial charge is 0.257 e. The molecular weight excluding hydrogens is 258 g/mol. The summed E-state index contributed by atoms with van der Waals surface area (Å²) in [7, 11) is 0. The molecular formula is C11H11N9. The minimum absolute atomic E-state index is 0.382. The number of hydrogen-bond donors (Lipinski definition) is 1. The molecule has 0 amide bonds. The standard InChI is InChI=1S/C11H11N9/c1-2-15-10-17-9(8-3-12-5-13-4-8)18-11(19-10)20-7-14-6-16-20/h3-7H,2H2,1H3,(H,15,17,18,19). The van der Waals surface area contributed by atoms with E-state index in [4.69, 9.17) is 0 Å². The lowest BCUT2D eigenvalue weighted by Gasteiger charge is -2.06. The molecule has 0 aliphatic heterocycles. The van der Waals surface area contributed by atoms with Crippen molar-refractivity contribution in [3.8, 4) is 17.3 Å². The van der Waals surface area contributed by atoms with Gasteiger partial charge in [-0.2, -0.15) is 24.7 Å². The molecule has 9 heteroatoms. The summed E-state index contributed by atoms with van der Waals surface area (Å²) in [5.41, 5.74) is 0.704. The summed E-state index contributed by atoms with van der Waals surface area (Å²) in [6.07, 6.45) is 7.68. The first-order valence-corrected chi connectivity index (χ1v) is 5.97. The predicted molar refractivity (Wildman–Crippen MR) is 69.9 cm³/mol. The zero-order valence-electron chi connectivity index (χ0n) is 10.7. The second-order valence-electron chi connectivity index (χ2n) is 3.78. The van der Waals surface area contributed by atoms with E-state index >= 15 is 0 Å². The van der Waals surface area contributed by atoms with Gasteiger partial charge in [-0.1, -0.05) is 0 Å². The molecule has 0 saturated heterocycles. The van der Waals surface area contributed by atoms with E-state index in [1.165, 1.54) is 23.7 Å². The quantitative estimate of drug-likeness (QED) is 0.722. The van der Waals surface area contributed by atoms with E-state index in [1.54, 1.807) is 12.4 Å². The topological polar surface area (TPSA) is 107 Å². The lowest BCUT2D eigenvalue weighted by atomic mass is 10.3. The van der Waals surface area contributed by atoms with Gasteiger partial charge in [0, 0.05) is 18.9 Å². The van der Waals surface area contributed by atoms with Gasteiger partial charge in [0.15, 0.2) is 5.82 Å². The SMILES string of the molecule is CCNc1nc(-c2cncnc2)nc(-n2cncn2)n1. The van der Waals surface area contributed by atoms with Crippen LogP contribution in [0.15, 0.2) is 31.4 Å². The minimum atomic E-state index is 0.382. The van der Waals surface area contributed by atoms with Crippen molar-refractivity contribution in [1.82, 2.24) is 39.7 Å². The summed E-state index contributed by atoms with van der Waals surface area (Å²) in [4.78, 5) is 24.8. The number of anilines is 1. The molecule has 3 heterocycles. The molecule has 3 aromatic heterocycles. The van der Waals surface area contributed by atoms with Crippen molar-refractivity contribution >= 4 is 5.95 Å². The van der Waals surface area contributed by atoms with E-state index in [2.05, 4.69) is 40.3 Å². The lowest BCUT2D eigenvalue weighted by molar-refractivity contribution is 0.796. The largest absolute Gasteiger partial charge is 0.354 e. The molecule has 0 radical (unpaired) electrons. The van der Waals surface area contributed by atoms with Crippen molar-refractivity contribution in [2.75, 3.05) is 11.9 Å². The second-order valence-corrected chi connectivity index (χ2v) is 3.78.